The smallest absolute Gasteiger partial charge is 0.230 e. The molecule has 6 heteroatoms. The largest absolute Gasteiger partial charge is 0.508 e. The molecule has 5 rings (SSSR count). The Morgan fingerprint density at radius 2 is 1.74 bits per heavy atom. The molecule has 0 atom stereocenters. The number of fused-ring (bicyclic) bond motifs is 1. The molecule has 0 saturated heterocycles. The first-order valence-corrected chi connectivity index (χ1v) is 11.3. The fourth-order valence-corrected chi connectivity index (χ4v) is 4.33. The lowest BCUT2D eigenvalue weighted by atomic mass is 10.1. The minimum absolute atomic E-state index is 0.150. The van der Waals surface area contributed by atoms with Gasteiger partial charge in [-0.15, -0.1) is 11.3 Å². The predicted molar refractivity (Wildman–Crippen MR) is 129 cm³/mol. The molecule has 0 saturated carbocycles. The Kier molecular flexibility index (Phi) is 5.18. The number of phenols is 1. The number of hydrogen-bond donors (Lipinski definition) is 1. The van der Waals surface area contributed by atoms with Gasteiger partial charge in [0.15, 0.2) is 0 Å². The summed E-state index contributed by atoms with van der Waals surface area (Å²) in [6.07, 6.45) is 0. The second kappa shape index (κ2) is 8.13. The standard InChI is InChI=1S/C25H17BrN2O2S/c1-15-2-9-19(10-3-15)27-24-21(12-17-6-11-20(29)13-23(17)30-24)25-28-22(14-31-25)16-4-7-18(26)8-5-16/h2-14,29H,1H3. The predicted octanol–water partition coefficient (Wildman–Crippen LogP) is 7.23. The number of aryl methyl sites for hydroxylation is 1. The third kappa shape index (κ3) is 4.17. The molecule has 0 amide bonds. The summed E-state index contributed by atoms with van der Waals surface area (Å²) in [5.41, 5.74) is 5.74. The average Bonchev–Trinajstić information content (AvgIpc) is 3.25. The van der Waals surface area contributed by atoms with E-state index in [2.05, 4.69) is 15.9 Å². The van der Waals surface area contributed by atoms with Crippen LogP contribution in [0.2, 0.25) is 0 Å². The summed E-state index contributed by atoms with van der Waals surface area (Å²) in [7, 11) is 0. The van der Waals surface area contributed by atoms with Crippen molar-refractivity contribution in [1.29, 1.82) is 0 Å². The number of benzene rings is 3. The summed E-state index contributed by atoms with van der Waals surface area (Å²) in [5.74, 6) is 0.150. The minimum atomic E-state index is 0.150. The Bertz CT molecular complexity index is 1450. The van der Waals surface area contributed by atoms with Crippen LogP contribution in [0.5, 0.6) is 5.75 Å². The summed E-state index contributed by atoms with van der Waals surface area (Å²) >= 11 is 5.02. The second-order valence-corrected chi connectivity index (χ2v) is 8.95. The third-order valence-corrected chi connectivity index (χ3v) is 6.28. The molecule has 0 spiro atoms. The first kappa shape index (κ1) is 19.7. The van der Waals surface area contributed by atoms with Crippen LogP contribution in [0, 0.1) is 6.92 Å². The van der Waals surface area contributed by atoms with E-state index >= 15 is 0 Å². The van der Waals surface area contributed by atoms with Crippen molar-refractivity contribution in [3.8, 4) is 27.6 Å². The van der Waals surface area contributed by atoms with Crippen LogP contribution >= 0.6 is 27.3 Å². The zero-order chi connectivity index (χ0) is 21.4. The van der Waals surface area contributed by atoms with E-state index in [1.165, 1.54) is 5.56 Å². The zero-order valence-electron chi connectivity index (χ0n) is 16.5. The van der Waals surface area contributed by atoms with Crippen molar-refractivity contribution in [2.75, 3.05) is 0 Å². The van der Waals surface area contributed by atoms with Gasteiger partial charge >= 0.3 is 0 Å². The Hall–Kier alpha value is -3.22. The van der Waals surface area contributed by atoms with Gasteiger partial charge in [-0.05, 0) is 49.4 Å². The molecule has 0 unspecified atom stereocenters. The molecule has 31 heavy (non-hydrogen) atoms. The van der Waals surface area contributed by atoms with E-state index < -0.39 is 0 Å². The highest BCUT2D eigenvalue weighted by molar-refractivity contribution is 9.10. The Morgan fingerprint density at radius 3 is 2.52 bits per heavy atom. The molecular weight excluding hydrogens is 472 g/mol. The highest BCUT2D eigenvalue weighted by Crippen LogP contribution is 2.30. The van der Waals surface area contributed by atoms with Crippen LogP contribution < -0.4 is 5.55 Å². The molecule has 5 aromatic rings. The van der Waals surface area contributed by atoms with Crippen molar-refractivity contribution in [2.24, 2.45) is 4.99 Å². The maximum atomic E-state index is 9.87. The molecule has 0 fully saturated rings. The van der Waals surface area contributed by atoms with Crippen LogP contribution in [0.3, 0.4) is 0 Å². The van der Waals surface area contributed by atoms with Crippen molar-refractivity contribution in [3.63, 3.8) is 0 Å². The minimum Gasteiger partial charge on any atom is -0.508 e. The number of nitrogens with zero attached hydrogens (tertiary/aromatic N) is 2. The van der Waals surface area contributed by atoms with Gasteiger partial charge in [0.05, 0.1) is 16.9 Å². The van der Waals surface area contributed by atoms with Crippen LogP contribution in [0.25, 0.3) is 32.8 Å². The number of hydrogen-bond acceptors (Lipinski definition) is 5. The van der Waals surface area contributed by atoms with Gasteiger partial charge < -0.3 is 9.52 Å². The summed E-state index contributed by atoms with van der Waals surface area (Å²) in [5, 5.41) is 13.6. The van der Waals surface area contributed by atoms with E-state index in [4.69, 9.17) is 14.4 Å². The fraction of sp³-hybridized carbons (Fsp3) is 0.0400. The number of aromatic hydroxyl groups is 1. The lowest BCUT2D eigenvalue weighted by Crippen LogP contribution is -2.05. The highest BCUT2D eigenvalue weighted by atomic mass is 79.9. The molecular formula is C25H17BrN2O2S. The number of aromatic nitrogens is 1. The maximum Gasteiger partial charge on any atom is 0.230 e. The number of rotatable bonds is 3. The van der Waals surface area contributed by atoms with Crippen LogP contribution in [0.1, 0.15) is 5.56 Å². The summed E-state index contributed by atoms with van der Waals surface area (Å²) in [6, 6.07) is 23.1. The van der Waals surface area contributed by atoms with Crippen molar-refractivity contribution in [1.82, 2.24) is 4.98 Å². The topological polar surface area (TPSA) is 58.6 Å². The first-order valence-electron chi connectivity index (χ1n) is 9.65. The molecule has 2 heterocycles. The van der Waals surface area contributed by atoms with E-state index in [1.54, 1.807) is 23.5 Å². The van der Waals surface area contributed by atoms with E-state index in [1.807, 2.05) is 73.0 Å². The maximum absolute atomic E-state index is 9.87. The molecule has 0 aliphatic carbocycles. The van der Waals surface area contributed by atoms with Crippen LogP contribution in [-0.2, 0) is 0 Å². The molecule has 3 aromatic carbocycles. The molecule has 1 N–H and O–H groups in total. The van der Waals surface area contributed by atoms with Gasteiger partial charge in [-0.25, -0.2) is 9.98 Å². The molecule has 0 radical (unpaired) electrons. The van der Waals surface area contributed by atoms with Gasteiger partial charge in [-0.1, -0.05) is 45.8 Å². The van der Waals surface area contributed by atoms with Gasteiger partial charge in [0.2, 0.25) is 5.55 Å². The van der Waals surface area contributed by atoms with Gasteiger partial charge in [-0.2, -0.15) is 0 Å². The highest BCUT2D eigenvalue weighted by Gasteiger charge is 2.13. The van der Waals surface area contributed by atoms with E-state index in [9.17, 15) is 5.11 Å². The van der Waals surface area contributed by atoms with Gasteiger partial charge in [0.1, 0.15) is 16.3 Å². The van der Waals surface area contributed by atoms with Gasteiger partial charge in [-0.3, -0.25) is 0 Å². The Labute approximate surface area is 191 Å². The molecule has 2 aromatic heterocycles. The SMILES string of the molecule is Cc1ccc(N=c2oc3cc(O)ccc3cc2-c2nc(-c3ccc(Br)cc3)cs2)cc1. The average molecular weight is 489 g/mol. The molecule has 152 valence electrons. The molecule has 0 aliphatic rings. The fourth-order valence-electron chi connectivity index (χ4n) is 3.23. The van der Waals surface area contributed by atoms with E-state index in [0.717, 1.165) is 37.4 Å². The number of phenolic OH excluding ortho intramolecular Hbond substituents is 1. The summed E-state index contributed by atoms with van der Waals surface area (Å²) in [4.78, 5) is 9.60. The van der Waals surface area contributed by atoms with Crippen LogP contribution in [0.15, 0.2) is 92.1 Å². The van der Waals surface area contributed by atoms with Gasteiger partial charge in [0.25, 0.3) is 0 Å². The number of thiazole rings is 1. The Morgan fingerprint density at radius 1 is 0.968 bits per heavy atom. The van der Waals surface area contributed by atoms with E-state index in [0.29, 0.717) is 11.1 Å². The lowest BCUT2D eigenvalue weighted by Gasteiger charge is -2.04. The quantitative estimate of drug-likeness (QED) is 0.291. The molecule has 0 aliphatic heterocycles. The third-order valence-electron chi connectivity index (χ3n) is 4.87. The monoisotopic (exact) mass is 488 g/mol. The molecule has 0 bridgehead atoms. The Balaban J connectivity index is 1.69. The number of halogens is 1. The zero-order valence-corrected chi connectivity index (χ0v) is 18.9. The van der Waals surface area contributed by atoms with Crippen LogP contribution in [-0.4, -0.2) is 10.1 Å². The van der Waals surface area contributed by atoms with Crippen LogP contribution in [0.4, 0.5) is 5.69 Å². The summed E-state index contributed by atoms with van der Waals surface area (Å²) in [6.45, 7) is 2.04. The van der Waals surface area contributed by atoms with Crippen molar-refractivity contribution >= 4 is 43.9 Å². The van der Waals surface area contributed by atoms with Gasteiger partial charge in [0, 0.05) is 26.9 Å². The van der Waals surface area contributed by atoms with Crippen molar-refractivity contribution in [3.05, 3.63) is 93.8 Å². The van der Waals surface area contributed by atoms with Crippen molar-refractivity contribution < 1.29 is 9.52 Å². The normalized spacial score (nSPS) is 11.9. The molecule has 4 nitrogen and oxygen atoms in total. The first-order chi connectivity index (χ1) is 15.0. The second-order valence-electron chi connectivity index (χ2n) is 7.18. The summed E-state index contributed by atoms with van der Waals surface area (Å²) < 4.78 is 7.16. The lowest BCUT2D eigenvalue weighted by molar-refractivity contribution is 0.472. The van der Waals surface area contributed by atoms with E-state index in [-0.39, 0.29) is 5.75 Å². The van der Waals surface area contributed by atoms with Crippen molar-refractivity contribution in [2.45, 2.75) is 6.92 Å².